The Bertz CT molecular complexity index is 1060. The topological polar surface area (TPSA) is 73.6 Å². The number of carbonyl (C=O) groups is 2. The number of Topliss-reactive ketones (excluding diaryl/α,β-unsaturated/α-hetero) is 1. The molecule has 3 aromatic rings. The summed E-state index contributed by atoms with van der Waals surface area (Å²) in [5, 5.41) is 2.41. The summed E-state index contributed by atoms with van der Waals surface area (Å²) in [5.74, 6) is -1.76. The maximum absolute atomic E-state index is 12.5. The number of ketones is 1. The second kappa shape index (κ2) is 8.83. The van der Waals surface area contributed by atoms with E-state index in [0.29, 0.717) is 11.0 Å². The van der Waals surface area contributed by atoms with Gasteiger partial charge in [0.05, 0.1) is 6.61 Å². The van der Waals surface area contributed by atoms with Crippen LogP contribution < -0.4 is 5.63 Å². The molecule has 1 heterocycles. The lowest BCUT2D eigenvalue weighted by Gasteiger charge is -2.14. The number of fused-ring (bicyclic) bond motifs is 3. The van der Waals surface area contributed by atoms with Crippen molar-refractivity contribution in [1.29, 1.82) is 0 Å². The highest BCUT2D eigenvalue weighted by molar-refractivity contribution is 6.40. The minimum atomic E-state index is -1.01. The van der Waals surface area contributed by atoms with Crippen molar-refractivity contribution < 1.29 is 18.7 Å². The molecule has 0 aliphatic carbocycles. The van der Waals surface area contributed by atoms with Crippen molar-refractivity contribution in [3.05, 3.63) is 58.4 Å². The van der Waals surface area contributed by atoms with E-state index in [4.69, 9.17) is 9.15 Å². The number of carbonyl (C=O) groups excluding carboxylic acids is 2. The van der Waals surface area contributed by atoms with Crippen LogP contribution in [0.25, 0.3) is 21.7 Å². The lowest BCUT2D eigenvalue weighted by Crippen LogP contribution is -2.25. The van der Waals surface area contributed by atoms with Crippen LogP contribution in [0.15, 0.2) is 51.7 Å². The maximum atomic E-state index is 12.5. The van der Waals surface area contributed by atoms with Gasteiger partial charge in [-0.25, -0.2) is 9.59 Å². The average molecular weight is 380 g/mol. The van der Waals surface area contributed by atoms with Crippen LogP contribution in [-0.2, 0) is 9.53 Å². The Morgan fingerprint density at radius 1 is 1.07 bits per heavy atom. The largest absolute Gasteiger partial charge is 0.459 e. The zero-order valence-electron chi connectivity index (χ0n) is 16.2. The molecule has 0 saturated heterocycles. The van der Waals surface area contributed by atoms with Gasteiger partial charge >= 0.3 is 11.6 Å². The Morgan fingerprint density at radius 3 is 2.61 bits per heavy atom. The highest BCUT2D eigenvalue weighted by Gasteiger charge is 2.24. The molecule has 5 nitrogen and oxygen atoms in total. The van der Waals surface area contributed by atoms with Gasteiger partial charge in [0.15, 0.2) is 0 Å². The third-order valence-electron chi connectivity index (χ3n) is 5.07. The molecule has 0 spiro atoms. The average Bonchev–Trinajstić information content (AvgIpc) is 2.72. The van der Waals surface area contributed by atoms with Crippen LogP contribution in [0.5, 0.6) is 0 Å². The van der Waals surface area contributed by atoms with E-state index in [0.717, 1.165) is 36.5 Å². The minimum Gasteiger partial charge on any atom is -0.459 e. The van der Waals surface area contributed by atoms with Crippen LogP contribution in [0.2, 0.25) is 0 Å². The summed E-state index contributed by atoms with van der Waals surface area (Å²) in [7, 11) is 0. The van der Waals surface area contributed by atoms with Crippen LogP contribution in [0.4, 0.5) is 0 Å². The van der Waals surface area contributed by atoms with Crippen molar-refractivity contribution >= 4 is 33.5 Å². The Hall–Kier alpha value is -2.95. The van der Waals surface area contributed by atoms with Crippen LogP contribution in [0, 0.1) is 5.92 Å². The molecule has 0 saturated carbocycles. The fourth-order valence-corrected chi connectivity index (χ4v) is 3.30. The normalized spacial score (nSPS) is 12.2. The van der Waals surface area contributed by atoms with Crippen molar-refractivity contribution in [2.45, 2.75) is 39.5 Å². The standard InChI is InChI=1S/C23H24O5/c1-3-5-8-15(4-2)14-27-23(26)21(24)19-13-18-17-10-7-6-9-16(17)11-12-20(18)28-22(19)25/h6-7,9-13,15H,3-5,8,14H2,1-2H3. The summed E-state index contributed by atoms with van der Waals surface area (Å²) >= 11 is 0. The van der Waals surface area contributed by atoms with Crippen LogP contribution in [0.1, 0.15) is 49.9 Å². The molecule has 2 aromatic carbocycles. The number of rotatable bonds is 8. The Morgan fingerprint density at radius 2 is 1.86 bits per heavy atom. The molecule has 146 valence electrons. The summed E-state index contributed by atoms with van der Waals surface area (Å²) in [4.78, 5) is 37.0. The van der Waals surface area contributed by atoms with Gasteiger partial charge in [0.25, 0.3) is 5.78 Å². The van der Waals surface area contributed by atoms with E-state index in [-0.39, 0.29) is 18.1 Å². The summed E-state index contributed by atoms with van der Waals surface area (Å²) < 4.78 is 10.5. The Balaban J connectivity index is 1.86. The lowest BCUT2D eigenvalue weighted by atomic mass is 10.0. The third-order valence-corrected chi connectivity index (χ3v) is 5.07. The number of benzene rings is 2. The van der Waals surface area contributed by atoms with E-state index >= 15 is 0 Å². The molecule has 0 aliphatic heterocycles. The fraction of sp³-hybridized carbons (Fsp3) is 0.348. The number of ether oxygens (including phenoxy) is 1. The van der Waals surface area contributed by atoms with Crippen LogP contribution in [-0.4, -0.2) is 18.4 Å². The Labute approximate surface area is 163 Å². The van der Waals surface area contributed by atoms with Crippen molar-refractivity contribution in [1.82, 2.24) is 0 Å². The van der Waals surface area contributed by atoms with Gasteiger partial charge in [-0.05, 0) is 35.2 Å². The first-order valence-electron chi connectivity index (χ1n) is 9.72. The van der Waals surface area contributed by atoms with E-state index < -0.39 is 17.4 Å². The molecule has 0 bridgehead atoms. The maximum Gasteiger partial charge on any atom is 0.379 e. The highest BCUT2D eigenvalue weighted by atomic mass is 16.5. The van der Waals surface area contributed by atoms with E-state index in [1.54, 1.807) is 6.07 Å². The molecule has 1 atom stereocenters. The number of esters is 1. The number of hydrogen-bond donors (Lipinski definition) is 0. The quantitative estimate of drug-likeness (QED) is 0.183. The molecule has 28 heavy (non-hydrogen) atoms. The fourth-order valence-electron chi connectivity index (χ4n) is 3.30. The van der Waals surface area contributed by atoms with Crippen LogP contribution >= 0.6 is 0 Å². The lowest BCUT2D eigenvalue weighted by molar-refractivity contribution is -0.139. The molecule has 0 aliphatic rings. The summed E-state index contributed by atoms with van der Waals surface area (Å²) in [6, 6.07) is 12.5. The highest BCUT2D eigenvalue weighted by Crippen LogP contribution is 2.25. The summed E-state index contributed by atoms with van der Waals surface area (Å²) in [6.07, 6.45) is 3.92. The van der Waals surface area contributed by atoms with Crippen molar-refractivity contribution in [2.24, 2.45) is 5.92 Å². The van der Waals surface area contributed by atoms with Crippen molar-refractivity contribution in [3.8, 4) is 0 Å². The van der Waals surface area contributed by atoms with Gasteiger partial charge < -0.3 is 9.15 Å². The minimum absolute atomic E-state index is 0.183. The van der Waals surface area contributed by atoms with Gasteiger partial charge in [-0.15, -0.1) is 0 Å². The zero-order chi connectivity index (χ0) is 20.1. The smallest absolute Gasteiger partial charge is 0.379 e. The second-order valence-electron chi connectivity index (χ2n) is 6.99. The molecule has 0 fully saturated rings. The van der Waals surface area contributed by atoms with E-state index in [1.807, 2.05) is 37.3 Å². The van der Waals surface area contributed by atoms with Gasteiger partial charge in [-0.2, -0.15) is 0 Å². The predicted molar refractivity (Wildman–Crippen MR) is 109 cm³/mol. The molecular weight excluding hydrogens is 356 g/mol. The van der Waals surface area contributed by atoms with E-state index in [9.17, 15) is 14.4 Å². The third kappa shape index (κ3) is 4.14. The second-order valence-corrected chi connectivity index (χ2v) is 6.99. The predicted octanol–water partition coefficient (Wildman–Crippen LogP) is 4.89. The molecule has 5 heteroatoms. The molecule has 1 unspecified atom stereocenters. The Kier molecular flexibility index (Phi) is 6.24. The number of hydrogen-bond acceptors (Lipinski definition) is 5. The number of unbranched alkanes of at least 4 members (excludes halogenated alkanes) is 1. The molecule has 3 rings (SSSR count). The van der Waals surface area contributed by atoms with Crippen LogP contribution in [0.3, 0.4) is 0 Å². The van der Waals surface area contributed by atoms with Gasteiger partial charge in [0.2, 0.25) is 0 Å². The van der Waals surface area contributed by atoms with Gasteiger partial charge in [-0.3, -0.25) is 4.79 Å². The first-order chi connectivity index (χ1) is 13.5. The molecule has 0 N–H and O–H groups in total. The van der Waals surface area contributed by atoms with Gasteiger partial charge in [0, 0.05) is 5.39 Å². The monoisotopic (exact) mass is 380 g/mol. The first-order valence-corrected chi connectivity index (χ1v) is 9.72. The molecule has 0 amide bonds. The molecule has 1 aromatic heterocycles. The summed E-state index contributed by atoms with van der Waals surface area (Å²) in [5.41, 5.74) is -0.752. The van der Waals surface area contributed by atoms with Crippen molar-refractivity contribution in [3.63, 3.8) is 0 Å². The molecule has 0 radical (unpaired) electrons. The van der Waals surface area contributed by atoms with E-state index in [2.05, 4.69) is 6.92 Å². The van der Waals surface area contributed by atoms with Gasteiger partial charge in [-0.1, -0.05) is 63.4 Å². The van der Waals surface area contributed by atoms with E-state index in [1.165, 1.54) is 6.07 Å². The van der Waals surface area contributed by atoms with Crippen molar-refractivity contribution in [2.75, 3.05) is 6.61 Å². The SMILES string of the molecule is CCCCC(CC)COC(=O)C(=O)c1cc2c(ccc3ccccc32)oc1=O. The summed E-state index contributed by atoms with van der Waals surface area (Å²) in [6.45, 7) is 4.31. The molecular formula is C23H24O5. The van der Waals surface area contributed by atoms with Gasteiger partial charge in [0.1, 0.15) is 11.1 Å². The first kappa shape index (κ1) is 19.8. The zero-order valence-corrected chi connectivity index (χ0v) is 16.2.